The maximum Gasteiger partial charge on any atom is 0.164 e. The molecule has 0 unspecified atom stereocenters. The molecule has 1 aromatic rings. The van der Waals surface area contributed by atoms with Crippen molar-refractivity contribution in [2.75, 3.05) is 40.8 Å². The lowest BCUT2D eigenvalue weighted by Crippen LogP contribution is -2.20. The van der Waals surface area contributed by atoms with E-state index in [0.29, 0.717) is 0 Å². The van der Waals surface area contributed by atoms with Crippen molar-refractivity contribution in [3.8, 4) is 5.75 Å². The van der Waals surface area contributed by atoms with Gasteiger partial charge in [0.15, 0.2) is 5.75 Å². The van der Waals surface area contributed by atoms with Crippen LogP contribution in [0.1, 0.15) is 32.4 Å². The van der Waals surface area contributed by atoms with Gasteiger partial charge in [-0.2, -0.15) is 5.10 Å². The van der Waals surface area contributed by atoms with Crippen LogP contribution in [0.5, 0.6) is 5.75 Å². The monoisotopic (exact) mass is 294 g/mol. The molecular formula is C16H30N4O. The summed E-state index contributed by atoms with van der Waals surface area (Å²) in [6.07, 6.45) is 6.26. The molecule has 1 heterocycles. The molecule has 0 saturated carbocycles. The Morgan fingerprint density at radius 2 is 2.19 bits per heavy atom. The summed E-state index contributed by atoms with van der Waals surface area (Å²) in [4.78, 5) is 2.16. The minimum Gasteiger partial charge on any atom is -0.493 e. The summed E-state index contributed by atoms with van der Waals surface area (Å²) in [5.74, 6) is 0.851. The maximum absolute atomic E-state index is 5.45. The average molecular weight is 294 g/mol. The van der Waals surface area contributed by atoms with E-state index in [4.69, 9.17) is 4.74 Å². The molecule has 5 nitrogen and oxygen atoms in total. The van der Waals surface area contributed by atoms with Crippen LogP contribution in [0, 0.1) is 0 Å². The van der Waals surface area contributed by atoms with Crippen LogP contribution in [0.2, 0.25) is 0 Å². The van der Waals surface area contributed by atoms with Crippen LogP contribution in [-0.2, 0) is 6.54 Å². The van der Waals surface area contributed by atoms with Crippen molar-refractivity contribution >= 4 is 5.57 Å². The summed E-state index contributed by atoms with van der Waals surface area (Å²) in [5, 5.41) is 7.86. The summed E-state index contributed by atoms with van der Waals surface area (Å²) in [7, 11) is 5.85. The number of nitrogens with one attached hydrogen (secondary N) is 1. The molecule has 5 heteroatoms. The van der Waals surface area contributed by atoms with E-state index in [1.54, 1.807) is 13.3 Å². The molecule has 0 saturated heterocycles. The molecule has 0 amide bonds. The molecule has 1 aromatic heterocycles. The number of aromatic nitrogens is 2. The van der Waals surface area contributed by atoms with Crippen LogP contribution < -0.4 is 10.1 Å². The van der Waals surface area contributed by atoms with Crippen LogP contribution in [0.4, 0.5) is 0 Å². The van der Waals surface area contributed by atoms with Gasteiger partial charge < -0.3 is 15.0 Å². The van der Waals surface area contributed by atoms with Crippen LogP contribution in [0.25, 0.3) is 5.57 Å². The number of nitrogens with zero attached hydrogens (tertiary/aromatic N) is 3. The lowest BCUT2D eigenvalue weighted by Gasteiger charge is -2.13. The van der Waals surface area contributed by atoms with Crippen LogP contribution >= 0.6 is 0 Å². The number of ether oxygens (including phenoxy) is 1. The minimum absolute atomic E-state index is 0.851. The van der Waals surface area contributed by atoms with Gasteiger partial charge in [-0.15, -0.1) is 0 Å². The van der Waals surface area contributed by atoms with E-state index in [1.165, 1.54) is 12.0 Å². The summed E-state index contributed by atoms with van der Waals surface area (Å²) in [5.41, 5.74) is 2.32. The molecule has 0 spiro atoms. The minimum atomic E-state index is 0.851. The van der Waals surface area contributed by atoms with E-state index in [9.17, 15) is 0 Å². The lowest BCUT2D eigenvalue weighted by atomic mass is 10.1. The summed E-state index contributed by atoms with van der Waals surface area (Å²) >= 11 is 0. The Morgan fingerprint density at radius 1 is 1.43 bits per heavy atom. The lowest BCUT2D eigenvalue weighted by molar-refractivity contribution is 0.370. The first kappa shape index (κ1) is 17.7. The Kier molecular flexibility index (Phi) is 8.08. The van der Waals surface area contributed by atoms with Gasteiger partial charge in [-0.25, -0.2) is 0 Å². The number of likely N-dealkylation sites (N-methyl/N-ethyl adjacent to an activating group) is 1. The van der Waals surface area contributed by atoms with Gasteiger partial charge in [0, 0.05) is 6.54 Å². The first-order valence-corrected chi connectivity index (χ1v) is 7.72. The zero-order valence-electron chi connectivity index (χ0n) is 14.1. The summed E-state index contributed by atoms with van der Waals surface area (Å²) in [6.45, 7) is 8.23. The Labute approximate surface area is 129 Å². The Morgan fingerprint density at radius 3 is 2.81 bits per heavy atom. The fourth-order valence-corrected chi connectivity index (χ4v) is 2.17. The Bertz CT molecular complexity index is 437. The van der Waals surface area contributed by atoms with Crippen molar-refractivity contribution in [3.63, 3.8) is 0 Å². The molecule has 0 aliphatic rings. The van der Waals surface area contributed by atoms with Gasteiger partial charge in [-0.05, 0) is 52.5 Å². The summed E-state index contributed by atoms with van der Waals surface area (Å²) < 4.78 is 7.48. The van der Waals surface area contributed by atoms with Gasteiger partial charge in [0.1, 0.15) is 5.69 Å². The highest BCUT2D eigenvalue weighted by atomic mass is 16.5. The van der Waals surface area contributed by atoms with E-state index < -0.39 is 0 Å². The molecule has 120 valence electrons. The van der Waals surface area contributed by atoms with Crippen LogP contribution in [0.3, 0.4) is 0 Å². The van der Waals surface area contributed by atoms with E-state index in [1.807, 2.05) is 4.68 Å². The average Bonchev–Trinajstić information content (AvgIpc) is 2.87. The Balaban J connectivity index is 2.73. The van der Waals surface area contributed by atoms with Gasteiger partial charge in [-0.3, -0.25) is 4.68 Å². The van der Waals surface area contributed by atoms with Crippen molar-refractivity contribution in [1.82, 2.24) is 20.0 Å². The first-order chi connectivity index (χ1) is 10.1. The highest BCUT2D eigenvalue weighted by molar-refractivity contribution is 5.65. The normalized spacial score (nSPS) is 12.2. The Hall–Kier alpha value is -1.33. The van der Waals surface area contributed by atoms with Gasteiger partial charge >= 0.3 is 0 Å². The number of allylic oxidation sites excluding steroid dienone is 1. The number of rotatable bonds is 10. The predicted molar refractivity (Wildman–Crippen MR) is 88.8 cm³/mol. The third-order valence-electron chi connectivity index (χ3n) is 3.36. The second kappa shape index (κ2) is 9.58. The van der Waals surface area contributed by atoms with Crippen molar-refractivity contribution in [2.45, 2.75) is 33.2 Å². The molecule has 0 bridgehead atoms. The van der Waals surface area contributed by atoms with Gasteiger partial charge in [0.2, 0.25) is 0 Å². The quantitative estimate of drug-likeness (QED) is 0.672. The van der Waals surface area contributed by atoms with Gasteiger partial charge in [0.05, 0.1) is 19.9 Å². The van der Waals surface area contributed by atoms with Crippen LogP contribution in [-0.4, -0.2) is 55.5 Å². The third-order valence-corrected chi connectivity index (χ3v) is 3.36. The predicted octanol–water partition coefficient (Wildman–Crippen LogP) is 2.25. The van der Waals surface area contributed by atoms with Crippen molar-refractivity contribution < 1.29 is 4.74 Å². The van der Waals surface area contributed by atoms with Gasteiger partial charge in [-0.1, -0.05) is 13.0 Å². The van der Waals surface area contributed by atoms with Crippen molar-refractivity contribution in [1.29, 1.82) is 0 Å². The van der Waals surface area contributed by atoms with Gasteiger partial charge in [0.25, 0.3) is 0 Å². The van der Waals surface area contributed by atoms with E-state index in [-0.39, 0.29) is 0 Å². The molecule has 0 fully saturated rings. The molecule has 0 atom stereocenters. The van der Waals surface area contributed by atoms with Crippen molar-refractivity contribution in [2.24, 2.45) is 0 Å². The topological polar surface area (TPSA) is 42.3 Å². The molecule has 0 aromatic carbocycles. The molecule has 0 radical (unpaired) electrons. The van der Waals surface area contributed by atoms with E-state index in [0.717, 1.165) is 44.0 Å². The molecular weight excluding hydrogens is 264 g/mol. The molecule has 0 aliphatic heterocycles. The standard InChI is InChI=1S/C16H30N4O/c1-6-9-17-10-7-8-14(2)16-15(21-5)13-18-20(16)12-11-19(3)4/h8,13,17H,6-7,9-12H2,1-5H3/b14-8-. The molecule has 21 heavy (non-hydrogen) atoms. The first-order valence-electron chi connectivity index (χ1n) is 7.72. The summed E-state index contributed by atoms with van der Waals surface area (Å²) in [6, 6.07) is 0. The number of methoxy groups -OCH3 is 1. The zero-order valence-corrected chi connectivity index (χ0v) is 14.1. The van der Waals surface area contributed by atoms with E-state index in [2.05, 4.69) is 49.3 Å². The highest BCUT2D eigenvalue weighted by Crippen LogP contribution is 2.25. The second-order valence-electron chi connectivity index (χ2n) is 5.51. The number of hydrogen-bond acceptors (Lipinski definition) is 4. The molecule has 1 rings (SSSR count). The van der Waals surface area contributed by atoms with Crippen LogP contribution in [0.15, 0.2) is 12.3 Å². The SMILES string of the molecule is CCCNCC/C=C(/C)c1c(OC)cnn1CCN(C)C. The van der Waals surface area contributed by atoms with Crippen molar-refractivity contribution in [3.05, 3.63) is 18.0 Å². The fourth-order valence-electron chi connectivity index (χ4n) is 2.17. The third kappa shape index (κ3) is 5.89. The van der Waals surface area contributed by atoms with E-state index >= 15 is 0 Å². The molecule has 0 aliphatic carbocycles. The smallest absolute Gasteiger partial charge is 0.164 e. The number of hydrogen-bond donors (Lipinski definition) is 1. The zero-order chi connectivity index (χ0) is 15.7. The fraction of sp³-hybridized carbons (Fsp3) is 0.688. The largest absolute Gasteiger partial charge is 0.493 e. The maximum atomic E-state index is 5.45. The second-order valence-corrected chi connectivity index (χ2v) is 5.51. The highest BCUT2D eigenvalue weighted by Gasteiger charge is 2.13. The molecule has 1 N–H and O–H groups in total.